The highest BCUT2D eigenvalue weighted by Gasteiger charge is 2.23. The summed E-state index contributed by atoms with van der Waals surface area (Å²) in [4.78, 5) is 26.8. The van der Waals surface area contributed by atoms with Crippen molar-refractivity contribution in [2.75, 3.05) is 41.8 Å². The molecule has 0 bridgehead atoms. The van der Waals surface area contributed by atoms with Gasteiger partial charge >= 0.3 is 6.03 Å². The van der Waals surface area contributed by atoms with Crippen LogP contribution >= 0.6 is 0 Å². The van der Waals surface area contributed by atoms with Crippen LogP contribution in [0.4, 0.5) is 26.5 Å². The Labute approximate surface area is 202 Å². The third-order valence-corrected chi connectivity index (χ3v) is 5.75. The van der Waals surface area contributed by atoms with Gasteiger partial charge in [-0.2, -0.15) is 0 Å². The van der Waals surface area contributed by atoms with Crippen molar-refractivity contribution in [3.8, 4) is 22.5 Å². The molecule has 5 rings (SSSR count). The monoisotopic (exact) mass is 472 g/mol. The molecule has 1 aliphatic rings. The molecule has 4 aromatic rings. The predicted octanol–water partition coefficient (Wildman–Crippen LogP) is 5.07. The molecule has 3 heterocycles. The number of H-pyrrole nitrogens is 1. The van der Waals surface area contributed by atoms with Crippen molar-refractivity contribution >= 4 is 23.4 Å². The molecular weight excluding hydrogens is 447 g/mol. The van der Waals surface area contributed by atoms with Crippen molar-refractivity contribution in [3.05, 3.63) is 78.4 Å². The van der Waals surface area contributed by atoms with E-state index < -0.39 is 11.8 Å². The molecule has 3 N–H and O–H groups in total. The van der Waals surface area contributed by atoms with Crippen LogP contribution in [-0.2, 0) is 4.74 Å². The van der Waals surface area contributed by atoms with Crippen molar-refractivity contribution < 1.29 is 13.9 Å². The number of halogens is 1. The van der Waals surface area contributed by atoms with Crippen molar-refractivity contribution in [2.45, 2.75) is 6.92 Å². The van der Waals surface area contributed by atoms with Gasteiger partial charge in [0.2, 0.25) is 5.95 Å². The van der Waals surface area contributed by atoms with Gasteiger partial charge in [0.1, 0.15) is 5.69 Å². The van der Waals surface area contributed by atoms with Crippen LogP contribution in [0.25, 0.3) is 22.5 Å². The van der Waals surface area contributed by atoms with E-state index in [1.54, 1.807) is 30.6 Å². The van der Waals surface area contributed by atoms with Crippen LogP contribution in [0.1, 0.15) is 5.56 Å². The third kappa shape index (κ3) is 4.99. The van der Waals surface area contributed by atoms with Gasteiger partial charge in [0.05, 0.1) is 24.6 Å². The van der Waals surface area contributed by atoms with Gasteiger partial charge in [-0.05, 0) is 48.9 Å². The number of nitrogens with one attached hydrogen (secondary N) is 3. The Bertz CT molecular complexity index is 1330. The van der Waals surface area contributed by atoms with Crippen LogP contribution in [0.15, 0.2) is 67.0 Å². The van der Waals surface area contributed by atoms with Crippen LogP contribution in [-0.4, -0.2) is 47.3 Å². The molecule has 0 atom stereocenters. The highest BCUT2D eigenvalue weighted by Crippen LogP contribution is 2.35. The zero-order valence-electron chi connectivity index (χ0n) is 19.2. The minimum atomic E-state index is -0.567. The third-order valence-electron chi connectivity index (χ3n) is 5.75. The number of morpholine rings is 1. The predicted molar refractivity (Wildman–Crippen MR) is 134 cm³/mol. The first-order chi connectivity index (χ1) is 17.1. The topological polar surface area (TPSA) is 95.2 Å². The Kier molecular flexibility index (Phi) is 6.40. The zero-order chi connectivity index (χ0) is 24.2. The molecule has 0 saturated carbocycles. The lowest BCUT2D eigenvalue weighted by molar-refractivity contribution is 0.122. The number of nitrogens with zero attached hydrogens (tertiary/aromatic N) is 3. The van der Waals surface area contributed by atoms with Crippen molar-refractivity contribution in [1.82, 2.24) is 15.0 Å². The molecule has 1 saturated heterocycles. The number of hydrogen-bond donors (Lipinski definition) is 3. The van der Waals surface area contributed by atoms with E-state index in [1.807, 2.05) is 37.3 Å². The Morgan fingerprint density at radius 2 is 1.83 bits per heavy atom. The van der Waals surface area contributed by atoms with Crippen LogP contribution in [0, 0.1) is 12.7 Å². The molecule has 2 amide bonds. The molecule has 2 aromatic heterocycles. The SMILES string of the molecule is Cc1cccc(NC(=O)Nc2cccc(-c3nc(N4CCOCC4)[nH]c3-c3ccncc3)c2F)c1. The molecule has 8 nitrogen and oxygen atoms in total. The number of pyridine rings is 1. The normalized spacial score (nSPS) is 13.5. The molecule has 0 spiro atoms. The smallest absolute Gasteiger partial charge is 0.323 e. The molecule has 1 fully saturated rings. The van der Waals surface area contributed by atoms with Gasteiger partial charge in [-0.3, -0.25) is 4.98 Å². The van der Waals surface area contributed by atoms with Crippen molar-refractivity contribution in [3.63, 3.8) is 0 Å². The minimum absolute atomic E-state index is 0.0595. The summed E-state index contributed by atoms with van der Waals surface area (Å²) < 4.78 is 21.2. The molecule has 1 aliphatic heterocycles. The second-order valence-corrected chi connectivity index (χ2v) is 8.24. The Hall–Kier alpha value is -4.24. The van der Waals surface area contributed by atoms with Gasteiger partial charge in [-0.15, -0.1) is 0 Å². The van der Waals surface area contributed by atoms with Gasteiger partial charge in [-0.1, -0.05) is 18.2 Å². The van der Waals surface area contributed by atoms with E-state index in [2.05, 4.69) is 25.5 Å². The average Bonchev–Trinajstić information content (AvgIpc) is 3.32. The lowest BCUT2D eigenvalue weighted by atomic mass is 10.0. The number of imidazole rings is 1. The highest BCUT2D eigenvalue weighted by atomic mass is 19.1. The van der Waals surface area contributed by atoms with Gasteiger partial charge in [0, 0.05) is 42.3 Å². The van der Waals surface area contributed by atoms with E-state index in [0.29, 0.717) is 49.3 Å². The maximum absolute atomic E-state index is 15.7. The van der Waals surface area contributed by atoms with Crippen LogP contribution in [0.5, 0.6) is 0 Å². The quantitative estimate of drug-likeness (QED) is 0.377. The standard InChI is InChI=1S/C26H25FN6O2/c1-17-4-2-5-19(16-17)29-26(34)30-21-7-3-6-20(22(21)27)24-23(18-8-10-28-11-9-18)31-25(32-24)33-12-14-35-15-13-33/h2-11,16H,12-15H2,1H3,(H,31,32)(H2,29,30,34). The van der Waals surface area contributed by atoms with Crippen LogP contribution in [0.3, 0.4) is 0 Å². The number of aromatic amines is 1. The van der Waals surface area contributed by atoms with E-state index in [0.717, 1.165) is 11.1 Å². The van der Waals surface area contributed by atoms with Gasteiger partial charge in [-0.25, -0.2) is 14.2 Å². The highest BCUT2D eigenvalue weighted by molar-refractivity contribution is 6.00. The number of ether oxygens (including phenoxy) is 1. The number of aryl methyl sites for hydroxylation is 1. The second kappa shape index (κ2) is 9.94. The summed E-state index contributed by atoms with van der Waals surface area (Å²) in [5, 5.41) is 5.36. The number of benzene rings is 2. The Morgan fingerprint density at radius 3 is 2.60 bits per heavy atom. The van der Waals surface area contributed by atoms with E-state index in [1.165, 1.54) is 6.07 Å². The Morgan fingerprint density at radius 1 is 1.06 bits per heavy atom. The summed E-state index contributed by atoms with van der Waals surface area (Å²) in [5.74, 6) is 0.0762. The molecule has 0 radical (unpaired) electrons. The first kappa shape index (κ1) is 22.5. The Balaban J connectivity index is 1.48. The van der Waals surface area contributed by atoms with E-state index >= 15 is 4.39 Å². The lowest BCUT2D eigenvalue weighted by Crippen LogP contribution is -2.36. The number of aromatic nitrogens is 3. The zero-order valence-corrected chi connectivity index (χ0v) is 19.2. The number of rotatable bonds is 5. The maximum atomic E-state index is 15.7. The lowest BCUT2D eigenvalue weighted by Gasteiger charge is -2.26. The summed E-state index contributed by atoms with van der Waals surface area (Å²) in [5.41, 5.74) is 3.94. The summed E-state index contributed by atoms with van der Waals surface area (Å²) in [6, 6.07) is 15.4. The van der Waals surface area contributed by atoms with E-state index in [4.69, 9.17) is 9.72 Å². The molecular formula is C26H25FN6O2. The van der Waals surface area contributed by atoms with Crippen LogP contribution in [0.2, 0.25) is 0 Å². The number of carbonyl (C=O) groups is 1. The average molecular weight is 473 g/mol. The summed E-state index contributed by atoms with van der Waals surface area (Å²) in [6.45, 7) is 4.51. The summed E-state index contributed by atoms with van der Waals surface area (Å²) in [6.07, 6.45) is 3.36. The molecule has 178 valence electrons. The molecule has 35 heavy (non-hydrogen) atoms. The molecule has 0 unspecified atom stereocenters. The minimum Gasteiger partial charge on any atom is -0.378 e. The largest absolute Gasteiger partial charge is 0.378 e. The first-order valence-corrected chi connectivity index (χ1v) is 11.3. The van der Waals surface area contributed by atoms with Gasteiger partial charge in [0.25, 0.3) is 0 Å². The fraction of sp³-hybridized carbons (Fsp3) is 0.192. The fourth-order valence-corrected chi connectivity index (χ4v) is 4.03. The molecule has 0 aliphatic carbocycles. The molecule has 9 heteroatoms. The number of anilines is 3. The maximum Gasteiger partial charge on any atom is 0.323 e. The van der Waals surface area contributed by atoms with E-state index in [9.17, 15) is 4.79 Å². The number of urea groups is 1. The second-order valence-electron chi connectivity index (χ2n) is 8.24. The van der Waals surface area contributed by atoms with Crippen molar-refractivity contribution in [1.29, 1.82) is 0 Å². The summed E-state index contributed by atoms with van der Waals surface area (Å²) in [7, 11) is 0. The first-order valence-electron chi connectivity index (χ1n) is 11.3. The van der Waals surface area contributed by atoms with E-state index in [-0.39, 0.29) is 11.3 Å². The fourth-order valence-electron chi connectivity index (χ4n) is 4.03. The van der Waals surface area contributed by atoms with Gasteiger partial charge < -0.3 is 25.3 Å². The number of carbonyl (C=O) groups excluding carboxylic acids is 1. The van der Waals surface area contributed by atoms with Gasteiger partial charge in [0.15, 0.2) is 5.82 Å². The molecule has 2 aromatic carbocycles. The van der Waals surface area contributed by atoms with Crippen LogP contribution < -0.4 is 15.5 Å². The summed E-state index contributed by atoms with van der Waals surface area (Å²) >= 11 is 0. The number of hydrogen-bond acceptors (Lipinski definition) is 5. The number of amides is 2. The van der Waals surface area contributed by atoms with Crippen molar-refractivity contribution in [2.24, 2.45) is 0 Å².